The maximum Gasteiger partial charge on any atom is 0.190 e. The van der Waals surface area contributed by atoms with E-state index in [4.69, 9.17) is 0 Å². The molecule has 0 aliphatic heterocycles. The molecule has 18 heavy (non-hydrogen) atoms. The number of ketones is 2. The Labute approximate surface area is 108 Å². The monoisotopic (exact) mass is 242 g/mol. The van der Waals surface area contributed by atoms with Crippen molar-refractivity contribution >= 4 is 11.6 Å². The summed E-state index contributed by atoms with van der Waals surface area (Å²) in [4.78, 5) is 24.5. The van der Waals surface area contributed by atoms with Gasteiger partial charge in [-0.3, -0.25) is 9.59 Å². The van der Waals surface area contributed by atoms with E-state index in [1.165, 1.54) is 0 Å². The van der Waals surface area contributed by atoms with Gasteiger partial charge in [-0.2, -0.15) is 0 Å². The van der Waals surface area contributed by atoms with Crippen LogP contribution < -0.4 is 0 Å². The molecule has 1 atom stereocenters. The van der Waals surface area contributed by atoms with Crippen molar-refractivity contribution in [1.29, 1.82) is 0 Å². The minimum absolute atomic E-state index is 0.0326. The maximum absolute atomic E-state index is 12.4. The molecule has 0 aromatic heterocycles. The van der Waals surface area contributed by atoms with Gasteiger partial charge in [0.05, 0.1) is 0 Å². The van der Waals surface area contributed by atoms with Gasteiger partial charge in [0.2, 0.25) is 0 Å². The van der Waals surface area contributed by atoms with E-state index in [9.17, 15) is 9.59 Å². The van der Waals surface area contributed by atoms with Crippen LogP contribution in [0.3, 0.4) is 0 Å². The van der Waals surface area contributed by atoms with Crippen molar-refractivity contribution < 1.29 is 9.59 Å². The molecule has 0 heterocycles. The van der Waals surface area contributed by atoms with Crippen LogP contribution in [0.1, 0.15) is 53.8 Å². The smallest absolute Gasteiger partial charge is 0.190 e. The van der Waals surface area contributed by atoms with Crippen molar-refractivity contribution in [2.24, 2.45) is 5.92 Å². The molecule has 0 N–H and O–H groups in total. The lowest BCUT2D eigenvalue weighted by Crippen LogP contribution is -2.21. The lowest BCUT2D eigenvalue weighted by Gasteiger charge is -2.21. The SMILES string of the molecule is CCCC(CC)C1=CC(=O)c2ccccc2C1=O. The molecule has 0 amide bonds. The van der Waals surface area contributed by atoms with E-state index in [0.29, 0.717) is 16.7 Å². The molecule has 2 heteroatoms. The number of rotatable bonds is 4. The fourth-order valence-electron chi connectivity index (χ4n) is 2.57. The standard InChI is InChI=1S/C16H18O2/c1-3-7-11(4-2)14-10-15(17)12-8-5-6-9-13(12)16(14)18/h5-6,8-11H,3-4,7H2,1-2H3. The van der Waals surface area contributed by atoms with Gasteiger partial charge in [0, 0.05) is 16.7 Å². The summed E-state index contributed by atoms with van der Waals surface area (Å²) in [7, 11) is 0. The minimum Gasteiger partial charge on any atom is -0.289 e. The molecule has 2 rings (SSSR count). The van der Waals surface area contributed by atoms with Crippen LogP contribution in [-0.2, 0) is 0 Å². The molecule has 1 aliphatic carbocycles. The molecule has 0 saturated heterocycles. The second kappa shape index (κ2) is 5.30. The fourth-order valence-corrected chi connectivity index (χ4v) is 2.57. The van der Waals surface area contributed by atoms with Crippen molar-refractivity contribution in [2.45, 2.75) is 33.1 Å². The molecule has 1 aliphatic rings. The van der Waals surface area contributed by atoms with Crippen LogP contribution in [-0.4, -0.2) is 11.6 Å². The first-order chi connectivity index (χ1) is 8.69. The zero-order chi connectivity index (χ0) is 13.1. The zero-order valence-electron chi connectivity index (χ0n) is 10.9. The van der Waals surface area contributed by atoms with Gasteiger partial charge in [0.1, 0.15) is 0 Å². The summed E-state index contributed by atoms with van der Waals surface area (Å²) < 4.78 is 0. The summed E-state index contributed by atoms with van der Waals surface area (Å²) >= 11 is 0. The van der Waals surface area contributed by atoms with Gasteiger partial charge in [-0.05, 0) is 24.8 Å². The summed E-state index contributed by atoms with van der Waals surface area (Å²) in [5.74, 6) is 0.208. The highest BCUT2D eigenvalue weighted by Crippen LogP contribution is 2.29. The van der Waals surface area contributed by atoms with Crippen molar-refractivity contribution in [1.82, 2.24) is 0 Å². The van der Waals surface area contributed by atoms with E-state index in [-0.39, 0.29) is 17.5 Å². The molecule has 1 unspecified atom stereocenters. The van der Waals surface area contributed by atoms with Gasteiger partial charge in [0.25, 0.3) is 0 Å². The summed E-state index contributed by atoms with van der Waals surface area (Å²) in [6.45, 7) is 4.17. The highest BCUT2D eigenvalue weighted by molar-refractivity contribution is 6.24. The van der Waals surface area contributed by atoms with E-state index < -0.39 is 0 Å². The van der Waals surface area contributed by atoms with Crippen LogP contribution in [0.5, 0.6) is 0 Å². The Kier molecular flexibility index (Phi) is 3.75. The van der Waals surface area contributed by atoms with Crippen LogP contribution in [0.15, 0.2) is 35.9 Å². The Morgan fingerprint density at radius 3 is 2.33 bits per heavy atom. The van der Waals surface area contributed by atoms with Crippen LogP contribution >= 0.6 is 0 Å². The van der Waals surface area contributed by atoms with Crippen molar-refractivity contribution in [3.63, 3.8) is 0 Å². The second-order valence-corrected chi connectivity index (χ2v) is 4.73. The van der Waals surface area contributed by atoms with E-state index in [1.54, 1.807) is 24.3 Å². The average Bonchev–Trinajstić information content (AvgIpc) is 2.40. The van der Waals surface area contributed by atoms with Crippen molar-refractivity contribution in [2.75, 3.05) is 0 Å². The molecule has 0 fully saturated rings. The fraction of sp³-hybridized carbons (Fsp3) is 0.375. The van der Waals surface area contributed by atoms with E-state index in [1.807, 2.05) is 6.07 Å². The number of carbonyl (C=O) groups excluding carboxylic acids is 2. The molecule has 0 bridgehead atoms. The van der Waals surface area contributed by atoms with Gasteiger partial charge in [-0.1, -0.05) is 44.5 Å². The topological polar surface area (TPSA) is 34.1 Å². The number of benzene rings is 1. The van der Waals surface area contributed by atoms with Crippen molar-refractivity contribution in [3.05, 3.63) is 47.0 Å². The molecule has 1 aromatic rings. The predicted octanol–water partition coefficient (Wildman–Crippen LogP) is 3.82. The summed E-state index contributed by atoms with van der Waals surface area (Å²) in [5, 5.41) is 0. The first-order valence-corrected chi connectivity index (χ1v) is 6.58. The van der Waals surface area contributed by atoms with E-state index in [2.05, 4.69) is 13.8 Å². The first kappa shape index (κ1) is 12.7. The number of carbonyl (C=O) groups is 2. The molecule has 0 radical (unpaired) electrons. The Bertz CT molecular complexity index is 512. The summed E-state index contributed by atoms with van der Waals surface area (Å²) in [5.41, 5.74) is 1.80. The minimum atomic E-state index is -0.0326. The third-order valence-corrected chi connectivity index (χ3v) is 3.56. The van der Waals surface area contributed by atoms with Crippen LogP contribution in [0.4, 0.5) is 0 Å². The molecular formula is C16H18O2. The van der Waals surface area contributed by atoms with Gasteiger partial charge in [0.15, 0.2) is 11.6 Å². The molecule has 1 aromatic carbocycles. The number of Topliss-reactive ketones (excluding diaryl/α,β-unsaturated/α-hetero) is 1. The molecule has 0 saturated carbocycles. The largest absolute Gasteiger partial charge is 0.289 e. The Hall–Kier alpha value is -1.70. The maximum atomic E-state index is 12.4. The molecule has 94 valence electrons. The number of allylic oxidation sites excluding steroid dienone is 2. The average molecular weight is 242 g/mol. The summed E-state index contributed by atoms with van der Waals surface area (Å²) in [6, 6.07) is 7.09. The van der Waals surface area contributed by atoms with Gasteiger partial charge < -0.3 is 0 Å². The quantitative estimate of drug-likeness (QED) is 0.804. The Morgan fingerprint density at radius 2 is 1.72 bits per heavy atom. The highest BCUT2D eigenvalue weighted by Gasteiger charge is 2.28. The second-order valence-electron chi connectivity index (χ2n) is 4.73. The number of hydrogen-bond donors (Lipinski definition) is 0. The van der Waals surface area contributed by atoms with Crippen molar-refractivity contribution in [3.8, 4) is 0 Å². The first-order valence-electron chi connectivity index (χ1n) is 6.58. The molecule has 2 nitrogen and oxygen atoms in total. The number of fused-ring (bicyclic) bond motifs is 1. The van der Waals surface area contributed by atoms with Gasteiger partial charge in [-0.25, -0.2) is 0 Å². The highest BCUT2D eigenvalue weighted by atomic mass is 16.1. The molecular weight excluding hydrogens is 224 g/mol. The number of hydrogen-bond acceptors (Lipinski definition) is 2. The van der Waals surface area contributed by atoms with Gasteiger partial charge in [-0.15, -0.1) is 0 Å². The zero-order valence-corrected chi connectivity index (χ0v) is 10.9. The third-order valence-electron chi connectivity index (χ3n) is 3.56. The van der Waals surface area contributed by atoms with Crippen LogP contribution in [0.25, 0.3) is 0 Å². The Balaban J connectivity index is 2.42. The van der Waals surface area contributed by atoms with E-state index >= 15 is 0 Å². The van der Waals surface area contributed by atoms with E-state index in [0.717, 1.165) is 19.3 Å². The van der Waals surface area contributed by atoms with Crippen LogP contribution in [0, 0.1) is 5.92 Å². The normalized spacial score (nSPS) is 16.2. The molecule has 0 spiro atoms. The third kappa shape index (κ3) is 2.15. The predicted molar refractivity (Wildman–Crippen MR) is 71.9 cm³/mol. The van der Waals surface area contributed by atoms with Crippen LogP contribution in [0.2, 0.25) is 0 Å². The van der Waals surface area contributed by atoms with Gasteiger partial charge >= 0.3 is 0 Å². The summed E-state index contributed by atoms with van der Waals surface area (Å²) in [6.07, 6.45) is 4.44. The Morgan fingerprint density at radius 1 is 1.06 bits per heavy atom. The lowest BCUT2D eigenvalue weighted by molar-refractivity contribution is 0.0973. The lowest BCUT2D eigenvalue weighted by atomic mass is 9.81.